The number of hydrogen-bond donors (Lipinski definition) is 0. The third-order valence-corrected chi connectivity index (χ3v) is 0.650. The van der Waals surface area contributed by atoms with Gasteiger partial charge in [-0.25, -0.2) is 0 Å². The second-order valence-corrected chi connectivity index (χ2v) is 1.20. The van der Waals surface area contributed by atoms with Gasteiger partial charge < -0.3 is 0 Å². The van der Waals surface area contributed by atoms with Crippen molar-refractivity contribution in [3.8, 4) is 12.0 Å². The van der Waals surface area contributed by atoms with Crippen molar-refractivity contribution >= 4 is 0 Å². The number of nitrogens with zero attached hydrogens (tertiary/aromatic N) is 1. The summed E-state index contributed by atoms with van der Waals surface area (Å²) in [6.45, 7) is 0. The molecule has 0 aromatic heterocycles. The molecule has 0 atom stereocenters. The Labute approximate surface area is 41.4 Å². The minimum absolute atomic E-state index is 0.601. The van der Waals surface area contributed by atoms with Gasteiger partial charge in [0.25, 0.3) is 6.04 Å². The van der Waals surface area contributed by atoms with E-state index in [4.69, 9.17) is 0 Å². The van der Waals surface area contributed by atoms with Crippen LogP contribution in [-0.2, 0) is 0 Å². The summed E-state index contributed by atoms with van der Waals surface area (Å²) in [5.41, 5.74) is 0. The summed E-state index contributed by atoms with van der Waals surface area (Å²) in [7, 11) is 0. The minimum Gasteiger partial charge on any atom is -0.0187 e. The molecule has 2 heteroatoms. The summed E-state index contributed by atoms with van der Waals surface area (Å²) >= 11 is 0. The van der Waals surface area contributed by atoms with Crippen molar-refractivity contribution in [1.29, 1.82) is 0 Å². The predicted molar refractivity (Wildman–Crippen MR) is 25.2 cm³/mol. The Balaban J connectivity index is 2.78. The van der Waals surface area contributed by atoms with Crippen LogP contribution in [0.2, 0.25) is 0 Å². The lowest BCUT2D eigenvalue weighted by molar-refractivity contribution is -0.380. The van der Waals surface area contributed by atoms with Gasteiger partial charge in [0.2, 0.25) is 6.20 Å². The van der Waals surface area contributed by atoms with Crippen molar-refractivity contribution < 1.29 is 4.76 Å². The standard InChI is InChI=1S/C5H4NO/c7-6-4-2-1-3-5-6/h2,4H,1H2/q+1. The summed E-state index contributed by atoms with van der Waals surface area (Å²) < 4.78 is 0.601. The zero-order valence-corrected chi connectivity index (χ0v) is 3.72. The van der Waals surface area contributed by atoms with Gasteiger partial charge in [-0.2, -0.15) is 0 Å². The molecule has 1 aliphatic rings. The van der Waals surface area contributed by atoms with Crippen LogP contribution in [0.5, 0.6) is 0 Å². The first-order valence-electron chi connectivity index (χ1n) is 2.01. The molecule has 0 amide bonds. The third-order valence-electron chi connectivity index (χ3n) is 0.650. The Morgan fingerprint density at radius 3 is 2.86 bits per heavy atom. The number of allylic oxidation sites excluding steroid dienone is 1. The molecule has 0 aromatic carbocycles. The quantitative estimate of drug-likeness (QED) is 0.318. The fraction of sp³-hybridized carbons (Fsp3) is 0.200. The molecule has 0 fully saturated rings. The monoisotopic (exact) mass is 94.0 g/mol. The Bertz CT molecular complexity index is 170. The van der Waals surface area contributed by atoms with Crippen LogP contribution in [0.1, 0.15) is 6.42 Å². The van der Waals surface area contributed by atoms with Gasteiger partial charge in [-0.3, -0.25) is 0 Å². The largest absolute Gasteiger partial charge is 0.282 e. The first kappa shape index (κ1) is 4.07. The van der Waals surface area contributed by atoms with Crippen molar-refractivity contribution in [2.75, 3.05) is 0 Å². The molecule has 0 aromatic rings. The summed E-state index contributed by atoms with van der Waals surface area (Å²) in [6.07, 6.45) is 3.85. The highest BCUT2D eigenvalue weighted by atomic mass is 16.3. The van der Waals surface area contributed by atoms with E-state index in [0.717, 1.165) is 0 Å². The highest BCUT2D eigenvalue weighted by Crippen LogP contribution is 1.85. The number of rotatable bonds is 0. The molecule has 2 nitrogen and oxygen atoms in total. The van der Waals surface area contributed by atoms with Crippen molar-refractivity contribution in [3.05, 3.63) is 17.2 Å². The zero-order valence-electron chi connectivity index (χ0n) is 3.72. The van der Waals surface area contributed by atoms with Crippen molar-refractivity contribution in [3.63, 3.8) is 0 Å². The van der Waals surface area contributed by atoms with Gasteiger partial charge in [0.05, 0.1) is 0 Å². The van der Waals surface area contributed by atoms with Crippen LogP contribution in [-0.4, -0.2) is 4.76 Å². The zero-order chi connectivity index (χ0) is 5.11. The lowest BCUT2D eigenvalue weighted by Crippen LogP contribution is -1.89. The van der Waals surface area contributed by atoms with Crippen LogP contribution < -0.4 is 0 Å². The second-order valence-electron chi connectivity index (χ2n) is 1.20. The molecular weight excluding hydrogens is 90.1 g/mol. The molecule has 1 heterocycles. The Kier molecular flexibility index (Phi) is 0.910. The smallest absolute Gasteiger partial charge is 0.0187 e. The van der Waals surface area contributed by atoms with Crippen LogP contribution in [0.15, 0.2) is 12.3 Å². The molecule has 0 N–H and O–H groups in total. The van der Waals surface area contributed by atoms with Gasteiger partial charge >= 0.3 is 0 Å². The van der Waals surface area contributed by atoms with Gasteiger partial charge in [-0.15, -0.1) is 0 Å². The van der Waals surface area contributed by atoms with E-state index in [2.05, 4.69) is 12.0 Å². The molecule has 0 unspecified atom stereocenters. The molecule has 0 bridgehead atoms. The van der Waals surface area contributed by atoms with Gasteiger partial charge in [-0.05, 0) is 12.0 Å². The van der Waals surface area contributed by atoms with E-state index in [9.17, 15) is 4.91 Å². The van der Waals surface area contributed by atoms with Gasteiger partial charge in [0.15, 0.2) is 0 Å². The molecular formula is C5H4NO+. The molecule has 0 saturated heterocycles. The van der Waals surface area contributed by atoms with Crippen molar-refractivity contribution in [2.24, 2.45) is 0 Å². The molecule has 0 saturated carbocycles. The predicted octanol–water partition coefficient (Wildman–Crippen LogP) is 0.644. The molecule has 1 rings (SSSR count). The van der Waals surface area contributed by atoms with Crippen LogP contribution >= 0.6 is 0 Å². The molecule has 34 valence electrons. The van der Waals surface area contributed by atoms with Gasteiger partial charge in [0, 0.05) is 11.3 Å². The minimum atomic E-state index is 0.601. The molecule has 1 aliphatic heterocycles. The average Bonchev–Trinajstić information content (AvgIpc) is 1.69. The summed E-state index contributed by atoms with van der Waals surface area (Å²) in [4.78, 5) is 10.1. The van der Waals surface area contributed by atoms with E-state index in [1.165, 1.54) is 6.20 Å². The SMILES string of the molecule is O=[N+]1C#CCC=C1. The van der Waals surface area contributed by atoms with Crippen LogP contribution in [0, 0.1) is 16.9 Å². The van der Waals surface area contributed by atoms with Crippen molar-refractivity contribution in [2.45, 2.75) is 6.42 Å². The maximum absolute atomic E-state index is 10.1. The molecule has 0 radical (unpaired) electrons. The Hall–Kier alpha value is -1.10. The van der Waals surface area contributed by atoms with E-state index in [0.29, 0.717) is 11.2 Å². The summed E-state index contributed by atoms with van der Waals surface area (Å²) in [5.74, 6) is 2.61. The van der Waals surface area contributed by atoms with Crippen LogP contribution in [0.3, 0.4) is 0 Å². The first-order chi connectivity index (χ1) is 3.39. The van der Waals surface area contributed by atoms with Crippen LogP contribution in [0.25, 0.3) is 0 Å². The van der Waals surface area contributed by atoms with E-state index >= 15 is 0 Å². The van der Waals surface area contributed by atoms with E-state index in [1.54, 1.807) is 6.08 Å². The third kappa shape index (κ3) is 0.866. The van der Waals surface area contributed by atoms with Gasteiger partial charge in [0.1, 0.15) is 4.76 Å². The maximum Gasteiger partial charge on any atom is 0.282 e. The van der Waals surface area contributed by atoms with E-state index in [1.807, 2.05) is 0 Å². The normalized spacial score (nSPS) is 15.7. The second kappa shape index (κ2) is 1.57. The lowest BCUT2D eigenvalue weighted by atomic mass is 10.4. The number of hydrogen-bond acceptors (Lipinski definition) is 1. The van der Waals surface area contributed by atoms with E-state index in [-0.39, 0.29) is 0 Å². The summed E-state index contributed by atoms with van der Waals surface area (Å²) in [6, 6.07) is 2.32. The highest BCUT2D eigenvalue weighted by Gasteiger charge is 1.97. The van der Waals surface area contributed by atoms with Crippen LogP contribution in [0.4, 0.5) is 0 Å². The van der Waals surface area contributed by atoms with E-state index < -0.39 is 0 Å². The molecule has 7 heavy (non-hydrogen) atoms. The van der Waals surface area contributed by atoms with Crippen molar-refractivity contribution in [1.82, 2.24) is 0 Å². The fourth-order valence-electron chi connectivity index (χ4n) is 0.368. The topological polar surface area (TPSA) is 20.1 Å². The Morgan fingerprint density at radius 2 is 2.57 bits per heavy atom. The lowest BCUT2D eigenvalue weighted by Gasteiger charge is -1.73. The summed E-state index contributed by atoms with van der Waals surface area (Å²) in [5, 5.41) is 0. The number of nitroso groups, excluding NO2 is 1. The first-order valence-corrected chi connectivity index (χ1v) is 2.01. The molecule has 0 spiro atoms. The highest BCUT2D eigenvalue weighted by molar-refractivity contribution is 5.01. The fourth-order valence-corrected chi connectivity index (χ4v) is 0.368. The maximum atomic E-state index is 10.1. The van der Waals surface area contributed by atoms with Gasteiger partial charge in [-0.1, -0.05) is 0 Å². The molecule has 0 aliphatic carbocycles. The Morgan fingerprint density at radius 1 is 1.71 bits per heavy atom. The average molecular weight is 94.1 g/mol.